The number of hydrogen-bond acceptors (Lipinski definition) is 2. The Morgan fingerprint density at radius 3 is 2.00 bits per heavy atom. The highest BCUT2D eigenvalue weighted by Gasteiger charge is 2.24. The van der Waals surface area contributed by atoms with Crippen LogP contribution in [0.1, 0.15) is 25.7 Å². The third-order valence-electron chi connectivity index (χ3n) is 2.92. The second-order valence-electron chi connectivity index (χ2n) is 3.76. The van der Waals surface area contributed by atoms with Gasteiger partial charge >= 0.3 is 0 Å². The largest absolute Gasteiger partial charge is 0.314 e. The summed E-state index contributed by atoms with van der Waals surface area (Å²) in [6, 6.07) is 0.882. The van der Waals surface area contributed by atoms with E-state index >= 15 is 0 Å². The summed E-state index contributed by atoms with van der Waals surface area (Å²) >= 11 is 0. The normalized spacial score (nSPS) is 29.5. The van der Waals surface area contributed by atoms with E-state index in [0.717, 1.165) is 6.04 Å². The predicted molar refractivity (Wildman–Crippen MR) is 46.7 cm³/mol. The van der Waals surface area contributed by atoms with Gasteiger partial charge in [0.25, 0.3) is 0 Å². The molecule has 2 heteroatoms. The van der Waals surface area contributed by atoms with Crippen LogP contribution < -0.4 is 5.32 Å². The van der Waals surface area contributed by atoms with Gasteiger partial charge in [0.15, 0.2) is 0 Å². The SMILES string of the molecule is C1CCCN(C2CNC2)CC1. The minimum absolute atomic E-state index is 0.882. The number of nitrogens with one attached hydrogen (secondary N) is 1. The zero-order valence-corrected chi connectivity index (χ0v) is 7.18. The van der Waals surface area contributed by atoms with Crippen molar-refractivity contribution >= 4 is 0 Å². The lowest BCUT2D eigenvalue weighted by Gasteiger charge is -2.37. The van der Waals surface area contributed by atoms with Gasteiger partial charge < -0.3 is 5.32 Å². The van der Waals surface area contributed by atoms with Gasteiger partial charge in [0.2, 0.25) is 0 Å². The van der Waals surface area contributed by atoms with Crippen LogP contribution in [0.3, 0.4) is 0 Å². The summed E-state index contributed by atoms with van der Waals surface area (Å²) in [6.45, 7) is 5.18. The van der Waals surface area contributed by atoms with Gasteiger partial charge in [-0.2, -0.15) is 0 Å². The highest BCUT2D eigenvalue weighted by atomic mass is 15.2. The topological polar surface area (TPSA) is 15.3 Å². The molecule has 2 aliphatic rings. The van der Waals surface area contributed by atoms with Crippen LogP contribution in [0.4, 0.5) is 0 Å². The van der Waals surface area contributed by atoms with E-state index < -0.39 is 0 Å². The minimum atomic E-state index is 0.882. The quantitative estimate of drug-likeness (QED) is 0.602. The van der Waals surface area contributed by atoms with E-state index in [1.807, 2.05) is 0 Å². The van der Waals surface area contributed by atoms with Crippen molar-refractivity contribution in [3.05, 3.63) is 0 Å². The highest BCUT2D eigenvalue weighted by Crippen LogP contribution is 2.14. The van der Waals surface area contributed by atoms with Gasteiger partial charge in [0.1, 0.15) is 0 Å². The molecule has 0 amide bonds. The second kappa shape index (κ2) is 3.55. The monoisotopic (exact) mass is 154 g/mol. The van der Waals surface area contributed by atoms with E-state index in [0.29, 0.717) is 0 Å². The summed E-state index contributed by atoms with van der Waals surface area (Å²) < 4.78 is 0. The Bertz CT molecular complexity index is 113. The maximum absolute atomic E-state index is 3.34. The molecule has 0 spiro atoms. The van der Waals surface area contributed by atoms with Crippen molar-refractivity contribution in [2.45, 2.75) is 31.7 Å². The second-order valence-corrected chi connectivity index (χ2v) is 3.76. The molecule has 2 nitrogen and oxygen atoms in total. The van der Waals surface area contributed by atoms with Gasteiger partial charge in [-0.15, -0.1) is 0 Å². The first-order valence-electron chi connectivity index (χ1n) is 4.91. The molecule has 2 rings (SSSR count). The van der Waals surface area contributed by atoms with Crippen molar-refractivity contribution in [1.29, 1.82) is 0 Å². The van der Waals surface area contributed by atoms with Crippen LogP contribution in [0, 0.1) is 0 Å². The lowest BCUT2D eigenvalue weighted by atomic mass is 10.1. The Kier molecular flexibility index (Phi) is 2.44. The smallest absolute Gasteiger partial charge is 0.0345 e. The third kappa shape index (κ3) is 1.74. The Balaban J connectivity index is 1.80. The van der Waals surface area contributed by atoms with Crippen molar-refractivity contribution in [2.24, 2.45) is 0 Å². The molecule has 0 aromatic rings. The van der Waals surface area contributed by atoms with Crippen LogP contribution in [0.15, 0.2) is 0 Å². The van der Waals surface area contributed by atoms with E-state index in [2.05, 4.69) is 10.2 Å². The Morgan fingerprint density at radius 1 is 0.909 bits per heavy atom. The van der Waals surface area contributed by atoms with E-state index in [1.165, 1.54) is 51.9 Å². The number of nitrogens with zero attached hydrogens (tertiary/aromatic N) is 1. The van der Waals surface area contributed by atoms with Crippen molar-refractivity contribution in [3.63, 3.8) is 0 Å². The van der Waals surface area contributed by atoms with Crippen LogP contribution in [0.2, 0.25) is 0 Å². The van der Waals surface area contributed by atoms with Crippen LogP contribution in [0.5, 0.6) is 0 Å². The molecule has 0 aromatic carbocycles. The maximum atomic E-state index is 3.34. The number of rotatable bonds is 1. The molecule has 0 unspecified atom stereocenters. The lowest BCUT2D eigenvalue weighted by Crippen LogP contribution is -2.57. The summed E-state index contributed by atoms with van der Waals surface area (Å²) in [5.41, 5.74) is 0. The molecular weight excluding hydrogens is 136 g/mol. The van der Waals surface area contributed by atoms with Crippen molar-refractivity contribution in [1.82, 2.24) is 10.2 Å². The molecule has 2 saturated heterocycles. The Labute approximate surface area is 69.0 Å². The van der Waals surface area contributed by atoms with E-state index in [9.17, 15) is 0 Å². The van der Waals surface area contributed by atoms with Crippen molar-refractivity contribution in [2.75, 3.05) is 26.2 Å². The molecule has 0 saturated carbocycles. The summed E-state index contributed by atoms with van der Waals surface area (Å²) in [4.78, 5) is 2.67. The average Bonchev–Trinajstić information content (AvgIpc) is 2.12. The zero-order valence-electron chi connectivity index (χ0n) is 7.18. The number of likely N-dealkylation sites (tertiary alicyclic amines) is 1. The van der Waals surface area contributed by atoms with Gasteiger partial charge in [0.05, 0.1) is 0 Å². The molecule has 1 N–H and O–H groups in total. The molecule has 11 heavy (non-hydrogen) atoms. The van der Waals surface area contributed by atoms with Gasteiger partial charge in [-0.25, -0.2) is 0 Å². The zero-order chi connectivity index (χ0) is 7.52. The molecule has 64 valence electrons. The Morgan fingerprint density at radius 2 is 1.55 bits per heavy atom. The fourth-order valence-electron chi connectivity index (χ4n) is 1.99. The average molecular weight is 154 g/mol. The fourth-order valence-corrected chi connectivity index (χ4v) is 1.99. The Hall–Kier alpha value is -0.0800. The molecule has 0 bridgehead atoms. The molecule has 0 atom stereocenters. The first kappa shape index (κ1) is 7.56. The number of hydrogen-bond donors (Lipinski definition) is 1. The molecular formula is C9H18N2. The fraction of sp³-hybridized carbons (Fsp3) is 1.00. The molecule has 2 aliphatic heterocycles. The summed E-state index contributed by atoms with van der Waals surface area (Å²) in [6.07, 6.45) is 5.76. The van der Waals surface area contributed by atoms with Gasteiger partial charge in [-0.05, 0) is 25.9 Å². The van der Waals surface area contributed by atoms with Crippen molar-refractivity contribution < 1.29 is 0 Å². The molecule has 0 aromatic heterocycles. The highest BCUT2D eigenvalue weighted by molar-refractivity contribution is 4.85. The predicted octanol–water partition coefficient (Wildman–Crippen LogP) is 0.834. The van der Waals surface area contributed by atoms with Gasteiger partial charge in [-0.3, -0.25) is 4.90 Å². The van der Waals surface area contributed by atoms with Gasteiger partial charge in [-0.1, -0.05) is 12.8 Å². The van der Waals surface area contributed by atoms with E-state index in [1.54, 1.807) is 0 Å². The van der Waals surface area contributed by atoms with Crippen molar-refractivity contribution in [3.8, 4) is 0 Å². The van der Waals surface area contributed by atoms with Crippen LogP contribution in [-0.2, 0) is 0 Å². The first-order chi connectivity index (χ1) is 5.47. The molecule has 2 fully saturated rings. The first-order valence-corrected chi connectivity index (χ1v) is 4.91. The molecule has 0 radical (unpaired) electrons. The maximum Gasteiger partial charge on any atom is 0.0345 e. The van der Waals surface area contributed by atoms with Crippen LogP contribution in [0.25, 0.3) is 0 Å². The van der Waals surface area contributed by atoms with Crippen LogP contribution >= 0.6 is 0 Å². The summed E-state index contributed by atoms with van der Waals surface area (Å²) in [7, 11) is 0. The lowest BCUT2D eigenvalue weighted by molar-refractivity contribution is 0.151. The van der Waals surface area contributed by atoms with E-state index in [-0.39, 0.29) is 0 Å². The van der Waals surface area contributed by atoms with Gasteiger partial charge in [0, 0.05) is 19.1 Å². The minimum Gasteiger partial charge on any atom is -0.314 e. The summed E-state index contributed by atoms with van der Waals surface area (Å²) in [5.74, 6) is 0. The van der Waals surface area contributed by atoms with Crippen LogP contribution in [-0.4, -0.2) is 37.1 Å². The molecule has 2 heterocycles. The third-order valence-corrected chi connectivity index (χ3v) is 2.92. The standard InChI is InChI=1S/C9H18N2/c1-2-4-6-11(5-3-1)9-7-10-8-9/h9-10H,1-8H2. The molecule has 0 aliphatic carbocycles. The van der Waals surface area contributed by atoms with E-state index in [4.69, 9.17) is 0 Å². The summed E-state index contributed by atoms with van der Waals surface area (Å²) in [5, 5.41) is 3.34.